The molecule has 0 heterocycles. The molecule has 0 aliphatic rings. The van der Waals surface area contributed by atoms with Crippen molar-refractivity contribution in [3.8, 4) is 0 Å². The van der Waals surface area contributed by atoms with Crippen LogP contribution < -0.4 is 10.6 Å². The Hall–Kier alpha value is -1.91. The monoisotopic (exact) mass is 320 g/mol. The molecule has 0 unspecified atom stereocenters. The van der Waals surface area contributed by atoms with Gasteiger partial charge in [-0.3, -0.25) is 10.1 Å². The Morgan fingerprint density at radius 1 is 1.14 bits per heavy atom. The molecule has 2 N–H and O–H groups in total. The van der Waals surface area contributed by atoms with Crippen molar-refractivity contribution in [1.29, 1.82) is 0 Å². The fourth-order valence-corrected chi connectivity index (χ4v) is 2.33. The van der Waals surface area contributed by atoms with Gasteiger partial charge in [0.1, 0.15) is 5.82 Å². The lowest BCUT2D eigenvalue weighted by molar-refractivity contribution is -0.117. The number of hydrogen-bond acceptors (Lipinski definition) is 2. The van der Waals surface area contributed by atoms with E-state index in [0.29, 0.717) is 5.69 Å². The van der Waals surface area contributed by atoms with Gasteiger partial charge in [0.2, 0.25) is 5.91 Å². The average Bonchev–Trinajstić information content (AvgIpc) is 2.50. The van der Waals surface area contributed by atoms with E-state index in [1.165, 1.54) is 18.2 Å². The molecule has 0 fully saturated rings. The molecule has 2 aromatic rings. The van der Waals surface area contributed by atoms with Gasteiger partial charge in [-0.2, -0.15) is 0 Å². The first kappa shape index (κ1) is 16.5. The van der Waals surface area contributed by atoms with Crippen LogP contribution in [-0.2, 0) is 4.79 Å². The summed E-state index contributed by atoms with van der Waals surface area (Å²) in [6, 6.07) is 13.3. The number of rotatable bonds is 5. The highest BCUT2D eigenvalue weighted by Crippen LogP contribution is 2.22. The van der Waals surface area contributed by atoms with Gasteiger partial charge in [-0.25, -0.2) is 4.39 Å². The molecule has 2 aromatic carbocycles. The van der Waals surface area contributed by atoms with Crippen LogP contribution in [0.5, 0.6) is 0 Å². The summed E-state index contributed by atoms with van der Waals surface area (Å²) < 4.78 is 13.0. The summed E-state index contributed by atoms with van der Waals surface area (Å²) in [5.41, 5.74) is 1.50. The van der Waals surface area contributed by atoms with Crippen LogP contribution in [-0.4, -0.2) is 11.9 Å². The third-order valence-electron chi connectivity index (χ3n) is 3.38. The summed E-state index contributed by atoms with van der Waals surface area (Å²) in [6.45, 7) is 3.76. The van der Waals surface area contributed by atoms with Gasteiger partial charge >= 0.3 is 0 Å². The van der Waals surface area contributed by atoms with E-state index < -0.39 is 11.9 Å². The van der Waals surface area contributed by atoms with Crippen molar-refractivity contribution >= 4 is 23.2 Å². The zero-order chi connectivity index (χ0) is 16.1. The van der Waals surface area contributed by atoms with Crippen LogP contribution in [0, 0.1) is 5.82 Å². The van der Waals surface area contributed by atoms with Gasteiger partial charge in [-0.15, -0.1) is 0 Å². The lowest BCUT2D eigenvalue weighted by Crippen LogP contribution is -2.39. The van der Waals surface area contributed by atoms with Gasteiger partial charge in [0.15, 0.2) is 0 Å². The zero-order valence-corrected chi connectivity index (χ0v) is 13.2. The summed E-state index contributed by atoms with van der Waals surface area (Å²) >= 11 is 5.90. The van der Waals surface area contributed by atoms with Gasteiger partial charge in [-0.05, 0) is 37.6 Å². The minimum atomic E-state index is -0.438. The number of carbonyl (C=O) groups is 1. The van der Waals surface area contributed by atoms with Gasteiger partial charge in [-0.1, -0.05) is 41.9 Å². The van der Waals surface area contributed by atoms with Crippen molar-refractivity contribution in [1.82, 2.24) is 5.32 Å². The van der Waals surface area contributed by atoms with Gasteiger partial charge in [0.25, 0.3) is 0 Å². The number of nitrogens with one attached hydrogen (secondary N) is 2. The highest BCUT2D eigenvalue weighted by molar-refractivity contribution is 6.33. The molecule has 0 aromatic heterocycles. The molecule has 3 nitrogen and oxygen atoms in total. The van der Waals surface area contributed by atoms with Crippen LogP contribution in [0.3, 0.4) is 0 Å². The molecule has 0 radical (unpaired) electrons. The predicted octanol–water partition coefficient (Wildman–Crippen LogP) is 4.16. The topological polar surface area (TPSA) is 41.1 Å². The summed E-state index contributed by atoms with van der Waals surface area (Å²) in [5.74, 6) is -0.664. The molecule has 2 rings (SSSR count). The van der Waals surface area contributed by atoms with Crippen molar-refractivity contribution in [2.24, 2.45) is 0 Å². The van der Waals surface area contributed by atoms with E-state index in [2.05, 4.69) is 10.6 Å². The Kier molecular flexibility index (Phi) is 5.52. The third kappa shape index (κ3) is 4.29. The Bertz CT molecular complexity index is 648. The molecule has 2 atom stereocenters. The molecular weight excluding hydrogens is 303 g/mol. The zero-order valence-electron chi connectivity index (χ0n) is 12.4. The van der Waals surface area contributed by atoms with E-state index in [4.69, 9.17) is 11.6 Å². The Morgan fingerprint density at radius 2 is 1.82 bits per heavy atom. The summed E-state index contributed by atoms with van der Waals surface area (Å²) in [7, 11) is 0. The number of hydrogen-bond donors (Lipinski definition) is 2. The minimum Gasteiger partial charge on any atom is -0.323 e. The summed E-state index contributed by atoms with van der Waals surface area (Å²) in [4.78, 5) is 12.2. The van der Waals surface area contributed by atoms with Crippen LogP contribution >= 0.6 is 11.6 Å². The maximum atomic E-state index is 13.0. The normalized spacial score (nSPS) is 13.5. The molecule has 0 bridgehead atoms. The molecule has 0 aliphatic heterocycles. The summed E-state index contributed by atoms with van der Waals surface area (Å²) in [5, 5.41) is 6.09. The maximum absolute atomic E-state index is 13.0. The lowest BCUT2D eigenvalue weighted by atomic mass is 10.1. The van der Waals surface area contributed by atoms with Crippen molar-refractivity contribution in [3.63, 3.8) is 0 Å². The fourth-order valence-electron chi connectivity index (χ4n) is 2.12. The van der Waals surface area contributed by atoms with Crippen molar-refractivity contribution < 1.29 is 9.18 Å². The first-order valence-electron chi connectivity index (χ1n) is 7.04. The largest absolute Gasteiger partial charge is 0.323 e. The lowest BCUT2D eigenvalue weighted by Gasteiger charge is -2.20. The van der Waals surface area contributed by atoms with Crippen molar-refractivity contribution in [3.05, 3.63) is 64.9 Å². The Balaban J connectivity index is 1.97. The fraction of sp³-hybridized carbons (Fsp3) is 0.235. The van der Waals surface area contributed by atoms with E-state index in [1.807, 2.05) is 37.3 Å². The van der Waals surface area contributed by atoms with Gasteiger partial charge in [0, 0.05) is 6.04 Å². The SMILES string of the molecule is C[C@H](N[C@@H](C)c1ccccc1)C(=O)Nc1ccc(F)cc1Cl. The molecule has 1 amide bonds. The van der Waals surface area contributed by atoms with Gasteiger partial charge in [0.05, 0.1) is 16.8 Å². The van der Waals surface area contributed by atoms with Crippen LogP contribution in [0.1, 0.15) is 25.5 Å². The van der Waals surface area contributed by atoms with E-state index in [0.717, 1.165) is 5.56 Å². The van der Waals surface area contributed by atoms with Crippen LogP contribution in [0.2, 0.25) is 5.02 Å². The van der Waals surface area contributed by atoms with Crippen molar-refractivity contribution in [2.75, 3.05) is 5.32 Å². The Labute approximate surface area is 134 Å². The van der Waals surface area contributed by atoms with Crippen LogP contribution in [0.25, 0.3) is 0 Å². The minimum absolute atomic E-state index is 0.0330. The number of amides is 1. The highest BCUT2D eigenvalue weighted by Gasteiger charge is 2.17. The predicted molar refractivity (Wildman–Crippen MR) is 87.5 cm³/mol. The molecule has 0 saturated carbocycles. The number of anilines is 1. The average molecular weight is 321 g/mol. The van der Waals surface area contributed by atoms with E-state index in [-0.39, 0.29) is 17.0 Å². The van der Waals surface area contributed by atoms with Crippen molar-refractivity contribution in [2.45, 2.75) is 25.9 Å². The molecule has 5 heteroatoms. The summed E-state index contributed by atoms with van der Waals surface area (Å²) in [6.07, 6.45) is 0. The first-order chi connectivity index (χ1) is 10.5. The molecule has 0 aliphatic carbocycles. The Morgan fingerprint density at radius 3 is 2.45 bits per heavy atom. The second-order valence-corrected chi connectivity index (χ2v) is 5.54. The third-order valence-corrected chi connectivity index (χ3v) is 3.69. The standard InChI is InChI=1S/C17H18ClFN2O/c1-11(13-6-4-3-5-7-13)20-12(2)17(22)21-16-9-8-14(19)10-15(16)18/h3-12,20H,1-2H3,(H,21,22)/t11-,12-/m0/s1. The highest BCUT2D eigenvalue weighted by atomic mass is 35.5. The van der Waals surface area contributed by atoms with Gasteiger partial charge < -0.3 is 5.32 Å². The first-order valence-corrected chi connectivity index (χ1v) is 7.42. The molecule has 0 spiro atoms. The van der Waals surface area contributed by atoms with E-state index >= 15 is 0 Å². The molecule has 22 heavy (non-hydrogen) atoms. The second kappa shape index (κ2) is 7.38. The maximum Gasteiger partial charge on any atom is 0.241 e. The molecule has 116 valence electrons. The number of halogens is 2. The van der Waals surface area contributed by atoms with Crippen LogP contribution in [0.15, 0.2) is 48.5 Å². The quantitative estimate of drug-likeness (QED) is 0.868. The number of benzene rings is 2. The molecular formula is C17H18ClFN2O. The molecule has 0 saturated heterocycles. The van der Waals surface area contributed by atoms with E-state index in [9.17, 15) is 9.18 Å². The number of carbonyl (C=O) groups excluding carboxylic acids is 1. The van der Waals surface area contributed by atoms with Crippen LogP contribution in [0.4, 0.5) is 10.1 Å². The second-order valence-electron chi connectivity index (χ2n) is 5.13. The van der Waals surface area contributed by atoms with E-state index in [1.54, 1.807) is 6.92 Å². The smallest absolute Gasteiger partial charge is 0.241 e.